The van der Waals surface area contributed by atoms with Gasteiger partial charge in [0.1, 0.15) is 12.6 Å². The molecular weight excluding hydrogens is 402 g/mol. The van der Waals surface area contributed by atoms with Gasteiger partial charge in [-0.1, -0.05) is 54.6 Å². The van der Waals surface area contributed by atoms with Gasteiger partial charge in [-0.3, -0.25) is 9.69 Å². The summed E-state index contributed by atoms with van der Waals surface area (Å²) in [6.45, 7) is 0.668. The van der Waals surface area contributed by atoms with Crippen molar-refractivity contribution in [3.05, 3.63) is 90.0 Å². The zero-order chi connectivity index (χ0) is 22.3. The Balaban J connectivity index is 1.41. The number of carbonyl (C=O) groups is 2. The number of carbonyl (C=O) groups excluding carboxylic acids is 2. The van der Waals surface area contributed by atoms with E-state index in [-0.39, 0.29) is 12.5 Å². The summed E-state index contributed by atoms with van der Waals surface area (Å²) in [6.07, 6.45) is 0.865. The van der Waals surface area contributed by atoms with E-state index in [1.54, 1.807) is 6.07 Å². The lowest BCUT2D eigenvalue weighted by Crippen LogP contribution is -2.43. The Hall–Kier alpha value is -4.11. The number of anilines is 1. The number of nitrogens with zero attached hydrogens (tertiary/aromatic N) is 2. The first kappa shape index (κ1) is 21.1. The predicted molar refractivity (Wildman–Crippen MR) is 122 cm³/mol. The molecule has 0 unspecified atom stereocenters. The molecule has 0 radical (unpaired) electrons. The second-order valence-corrected chi connectivity index (χ2v) is 7.65. The third-order valence-electron chi connectivity index (χ3n) is 5.45. The number of amides is 2. The van der Waals surface area contributed by atoms with E-state index in [1.807, 2.05) is 72.8 Å². The molecule has 0 spiro atoms. The molecule has 4 rings (SSSR count). The van der Waals surface area contributed by atoms with E-state index < -0.39 is 12.1 Å². The maximum Gasteiger partial charge on any atom is 0.410 e. The summed E-state index contributed by atoms with van der Waals surface area (Å²) in [7, 11) is 0. The van der Waals surface area contributed by atoms with Crippen LogP contribution in [0.2, 0.25) is 0 Å². The molecule has 6 heteroatoms. The second kappa shape index (κ2) is 9.80. The molecule has 160 valence electrons. The molecule has 32 heavy (non-hydrogen) atoms. The van der Waals surface area contributed by atoms with Crippen molar-refractivity contribution in [3.63, 3.8) is 0 Å². The Kier molecular flexibility index (Phi) is 6.47. The van der Waals surface area contributed by atoms with Crippen LogP contribution in [0.5, 0.6) is 0 Å². The first-order chi connectivity index (χ1) is 15.6. The highest BCUT2D eigenvalue weighted by Crippen LogP contribution is 2.25. The molecular formula is C26H23N3O3. The molecule has 0 bridgehead atoms. The maximum absolute atomic E-state index is 12.9. The van der Waals surface area contributed by atoms with Gasteiger partial charge in [0.2, 0.25) is 5.91 Å². The van der Waals surface area contributed by atoms with E-state index in [9.17, 15) is 9.59 Å². The molecule has 1 saturated heterocycles. The van der Waals surface area contributed by atoms with Crippen LogP contribution in [0.15, 0.2) is 78.9 Å². The molecule has 0 saturated carbocycles. The smallest absolute Gasteiger partial charge is 0.410 e. The van der Waals surface area contributed by atoms with E-state index in [0.717, 1.165) is 23.1 Å². The van der Waals surface area contributed by atoms with Crippen LogP contribution in [-0.4, -0.2) is 29.5 Å². The normalized spacial score (nSPS) is 15.1. The molecule has 3 aromatic carbocycles. The number of hydrogen-bond acceptors (Lipinski definition) is 4. The molecule has 6 nitrogen and oxygen atoms in total. The summed E-state index contributed by atoms with van der Waals surface area (Å²) in [5, 5.41) is 12.1. The largest absolute Gasteiger partial charge is 0.445 e. The standard InChI is InChI=1S/C26H23N3O3/c27-17-20-9-4-10-21(15-20)22-11-5-12-23(16-22)28-25(30)24-13-6-14-29(24)26(31)32-18-19-7-2-1-3-8-19/h1-5,7-12,15-16,24H,6,13-14,18H2,(H,28,30)/t24-/m0/s1. The Morgan fingerprint density at radius 3 is 2.53 bits per heavy atom. The molecule has 1 aliphatic heterocycles. The lowest BCUT2D eigenvalue weighted by atomic mass is 10.0. The summed E-state index contributed by atoms with van der Waals surface area (Å²) < 4.78 is 5.42. The zero-order valence-corrected chi connectivity index (χ0v) is 17.5. The van der Waals surface area contributed by atoms with Crippen molar-refractivity contribution < 1.29 is 14.3 Å². The van der Waals surface area contributed by atoms with Crippen molar-refractivity contribution in [3.8, 4) is 17.2 Å². The number of rotatable bonds is 5. The van der Waals surface area contributed by atoms with Crippen LogP contribution in [0, 0.1) is 11.3 Å². The van der Waals surface area contributed by atoms with Crippen LogP contribution in [0.25, 0.3) is 11.1 Å². The summed E-state index contributed by atoms with van der Waals surface area (Å²) in [5.41, 5.74) is 3.91. The monoisotopic (exact) mass is 425 g/mol. The summed E-state index contributed by atoms with van der Waals surface area (Å²) in [5.74, 6) is -0.234. The van der Waals surface area contributed by atoms with Gasteiger partial charge in [-0.2, -0.15) is 5.26 Å². The van der Waals surface area contributed by atoms with Crippen molar-refractivity contribution in [1.82, 2.24) is 4.90 Å². The SMILES string of the molecule is N#Cc1cccc(-c2cccc(NC(=O)[C@@H]3CCCN3C(=O)OCc3ccccc3)c2)c1. The predicted octanol–water partition coefficient (Wildman–Crippen LogP) is 4.96. The highest BCUT2D eigenvalue weighted by molar-refractivity contribution is 5.97. The molecule has 1 fully saturated rings. The minimum Gasteiger partial charge on any atom is -0.445 e. The topological polar surface area (TPSA) is 82.4 Å². The fourth-order valence-corrected chi connectivity index (χ4v) is 3.83. The van der Waals surface area contributed by atoms with Gasteiger partial charge in [0, 0.05) is 12.2 Å². The van der Waals surface area contributed by atoms with Crippen LogP contribution < -0.4 is 5.32 Å². The van der Waals surface area contributed by atoms with Gasteiger partial charge in [0.25, 0.3) is 0 Å². The molecule has 1 aliphatic rings. The number of benzene rings is 3. The first-order valence-corrected chi connectivity index (χ1v) is 10.5. The van der Waals surface area contributed by atoms with Crippen LogP contribution in [0.4, 0.5) is 10.5 Å². The van der Waals surface area contributed by atoms with E-state index >= 15 is 0 Å². The fourth-order valence-electron chi connectivity index (χ4n) is 3.83. The van der Waals surface area contributed by atoms with Gasteiger partial charge in [-0.05, 0) is 53.8 Å². The summed E-state index contributed by atoms with van der Waals surface area (Å²) >= 11 is 0. The second-order valence-electron chi connectivity index (χ2n) is 7.65. The summed E-state index contributed by atoms with van der Waals surface area (Å²) in [6, 6.07) is 25.8. The van der Waals surface area contributed by atoms with Crippen molar-refractivity contribution in [2.45, 2.75) is 25.5 Å². The van der Waals surface area contributed by atoms with Crippen molar-refractivity contribution in [2.24, 2.45) is 0 Å². The quantitative estimate of drug-likeness (QED) is 0.626. The maximum atomic E-state index is 12.9. The number of nitrogens with one attached hydrogen (secondary N) is 1. The van der Waals surface area contributed by atoms with Crippen molar-refractivity contribution in [1.29, 1.82) is 5.26 Å². The lowest BCUT2D eigenvalue weighted by molar-refractivity contribution is -0.120. The highest BCUT2D eigenvalue weighted by Gasteiger charge is 2.35. The molecule has 1 heterocycles. The first-order valence-electron chi connectivity index (χ1n) is 10.5. The number of ether oxygens (including phenoxy) is 1. The van der Waals surface area contributed by atoms with Crippen molar-refractivity contribution >= 4 is 17.7 Å². The number of nitriles is 1. The van der Waals surface area contributed by atoms with Gasteiger partial charge < -0.3 is 10.1 Å². The number of hydrogen-bond donors (Lipinski definition) is 1. The van der Waals surface area contributed by atoms with Crippen molar-refractivity contribution in [2.75, 3.05) is 11.9 Å². The molecule has 3 aromatic rings. The Bertz CT molecular complexity index is 1150. The van der Waals surface area contributed by atoms with E-state index in [1.165, 1.54) is 4.90 Å². The van der Waals surface area contributed by atoms with Gasteiger partial charge in [0.05, 0.1) is 11.6 Å². The van der Waals surface area contributed by atoms with E-state index in [2.05, 4.69) is 11.4 Å². The number of likely N-dealkylation sites (tertiary alicyclic amines) is 1. The molecule has 1 atom stereocenters. The third-order valence-corrected chi connectivity index (χ3v) is 5.45. The average Bonchev–Trinajstić information content (AvgIpc) is 3.34. The Morgan fingerprint density at radius 2 is 1.75 bits per heavy atom. The average molecular weight is 425 g/mol. The minimum absolute atomic E-state index is 0.175. The van der Waals surface area contributed by atoms with Gasteiger partial charge >= 0.3 is 6.09 Å². The third kappa shape index (κ3) is 4.96. The molecule has 1 N–H and O–H groups in total. The van der Waals surface area contributed by atoms with E-state index in [4.69, 9.17) is 10.00 Å². The summed E-state index contributed by atoms with van der Waals surface area (Å²) in [4.78, 5) is 27.0. The molecule has 0 aliphatic carbocycles. The van der Waals surface area contributed by atoms with Crippen LogP contribution in [0.1, 0.15) is 24.0 Å². The van der Waals surface area contributed by atoms with Gasteiger partial charge in [-0.25, -0.2) is 4.79 Å². The Morgan fingerprint density at radius 1 is 1.00 bits per heavy atom. The fraction of sp³-hybridized carbons (Fsp3) is 0.192. The molecule has 0 aromatic heterocycles. The minimum atomic E-state index is -0.566. The lowest BCUT2D eigenvalue weighted by Gasteiger charge is -2.23. The van der Waals surface area contributed by atoms with Gasteiger partial charge in [0.15, 0.2) is 0 Å². The highest BCUT2D eigenvalue weighted by atomic mass is 16.6. The Labute approximate surface area is 187 Å². The van der Waals surface area contributed by atoms with Crippen LogP contribution in [-0.2, 0) is 16.1 Å². The molecule has 2 amide bonds. The van der Waals surface area contributed by atoms with Gasteiger partial charge in [-0.15, -0.1) is 0 Å². The van der Waals surface area contributed by atoms with Crippen LogP contribution in [0.3, 0.4) is 0 Å². The zero-order valence-electron chi connectivity index (χ0n) is 17.5. The van der Waals surface area contributed by atoms with Crippen LogP contribution >= 0.6 is 0 Å². The van der Waals surface area contributed by atoms with E-state index in [0.29, 0.717) is 24.2 Å².